The van der Waals surface area contributed by atoms with Crippen LogP contribution < -0.4 is 0 Å². The summed E-state index contributed by atoms with van der Waals surface area (Å²) in [5.74, 6) is 0.777. The Morgan fingerprint density at radius 3 is 2.71 bits per heavy atom. The third kappa shape index (κ3) is 3.52. The van der Waals surface area contributed by atoms with Crippen LogP contribution in [0, 0.1) is 0 Å². The summed E-state index contributed by atoms with van der Waals surface area (Å²) >= 11 is 1.60. The lowest BCUT2D eigenvalue weighted by Crippen LogP contribution is -2.47. The van der Waals surface area contributed by atoms with Gasteiger partial charge in [-0.3, -0.25) is 4.90 Å². The maximum absolute atomic E-state index is 11.5. The second kappa shape index (κ2) is 5.88. The summed E-state index contributed by atoms with van der Waals surface area (Å²) < 4.78 is 29.8. The molecule has 1 fully saturated rings. The van der Waals surface area contributed by atoms with Gasteiger partial charge in [0.2, 0.25) is 10.0 Å². The molecule has 6 nitrogen and oxygen atoms in total. The highest BCUT2D eigenvalue weighted by Gasteiger charge is 2.23. The van der Waals surface area contributed by atoms with Crippen molar-refractivity contribution >= 4 is 21.4 Å². The predicted molar refractivity (Wildman–Crippen MR) is 81.5 cm³/mol. The summed E-state index contributed by atoms with van der Waals surface area (Å²) in [4.78, 5) is 6.79. The van der Waals surface area contributed by atoms with Gasteiger partial charge < -0.3 is 4.42 Å². The van der Waals surface area contributed by atoms with Gasteiger partial charge in [-0.05, 0) is 12.1 Å². The first-order chi connectivity index (χ1) is 10.0. The molecule has 1 aliphatic rings. The third-order valence-corrected chi connectivity index (χ3v) is 5.62. The van der Waals surface area contributed by atoms with Crippen molar-refractivity contribution < 1.29 is 12.8 Å². The maximum atomic E-state index is 11.5. The number of furan rings is 1. The van der Waals surface area contributed by atoms with Gasteiger partial charge in [0.05, 0.1) is 19.1 Å². The molecule has 21 heavy (non-hydrogen) atoms. The second-order valence-electron chi connectivity index (χ2n) is 5.04. The van der Waals surface area contributed by atoms with Crippen LogP contribution in [0.4, 0.5) is 0 Å². The molecule has 114 valence electrons. The Kier molecular flexibility index (Phi) is 4.12. The van der Waals surface area contributed by atoms with Crippen LogP contribution in [0.1, 0.15) is 5.01 Å². The fourth-order valence-electron chi connectivity index (χ4n) is 2.33. The molecule has 3 rings (SSSR count). The lowest BCUT2D eigenvalue weighted by Gasteiger charge is -2.32. The molecule has 2 aromatic rings. The molecule has 0 radical (unpaired) electrons. The lowest BCUT2D eigenvalue weighted by molar-refractivity contribution is 0.182. The third-order valence-electron chi connectivity index (χ3n) is 3.48. The number of rotatable bonds is 4. The molecule has 0 bridgehead atoms. The number of hydrogen-bond donors (Lipinski definition) is 0. The van der Waals surface area contributed by atoms with Gasteiger partial charge >= 0.3 is 0 Å². The molecule has 0 aliphatic carbocycles. The van der Waals surface area contributed by atoms with Gasteiger partial charge in [0.25, 0.3) is 0 Å². The topological polar surface area (TPSA) is 66.7 Å². The summed E-state index contributed by atoms with van der Waals surface area (Å²) in [6, 6.07) is 3.74. The molecule has 2 aromatic heterocycles. The molecule has 0 unspecified atom stereocenters. The second-order valence-corrected chi connectivity index (χ2v) is 7.97. The fraction of sp³-hybridized carbons (Fsp3) is 0.462. The van der Waals surface area contributed by atoms with Gasteiger partial charge in [0.1, 0.15) is 10.7 Å². The zero-order chi connectivity index (χ0) is 14.9. The van der Waals surface area contributed by atoms with Crippen molar-refractivity contribution in [2.75, 3.05) is 32.4 Å². The van der Waals surface area contributed by atoms with Crippen LogP contribution in [-0.2, 0) is 16.6 Å². The van der Waals surface area contributed by atoms with E-state index in [1.54, 1.807) is 17.6 Å². The highest BCUT2D eigenvalue weighted by molar-refractivity contribution is 7.88. The molecule has 0 atom stereocenters. The molecule has 3 heterocycles. The van der Waals surface area contributed by atoms with Crippen molar-refractivity contribution in [3.8, 4) is 11.5 Å². The molecule has 0 saturated carbocycles. The summed E-state index contributed by atoms with van der Waals surface area (Å²) in [7, 11) is -3.07. The SMILES string of the molecule is CS(=O)(=O)N1CCN(Cc2nc(-c3ccco3)cs2)CC1. The first-order valence-electron chi connectivity index (χ1n) is 6.68. The number of sulfonamides is 1. The summed E-state index contributed by atoms with van der Waals surface area (Å²) in [6.07, 6.45) is 2.90. The van der Waals surface area contributed by atoms with E-state index in [1.165, 1.54) is 10.6 Å². The largest absolute Gasteiger partial charge is 0.463 e. The maximum Gasteiger partial charge on any atom is 0.211 e. The van der Waals surface area contributed by atoms with Gasteiger partial charge in [-0.1, -0.05) is 0 Å². The molecular weight excluding hydrogens is 310 g/mol. The van der Waals surface area contributed by atoms with Crippen molar-refractivity contribution in [1.29, 1.82) is 0 Å². The molecule has 1 aliphatic heterocycles. The van der Waals surface area contributed by atoms with Gasteiger partial charge in [-0.2, -0.15) is 4.31 Å². The average molecular weight is 327 g/mol. The Morgan fingerprint density at radius 2 is 2.10 bits per heavy atom. The van der Waals surface area contributed by atoms with Crippen molar-refractivity contribution in [3.05, 3.63) is 28.8 Å². The van der Waals surface area contributed by atoms with E-state index in [0.29, 0.717) is 13.1 Å². The predicted octanol–water partition coefficient (Wildman–Crippen LogP) is 1.48. The molecule has 0 amide bonds. The fourth-order valence-corrected chi connectivity index (χ4v) is 3.98. The van der Waals surface area contributed by atoms with E-state index in [0.717, 1.165) is 36.1 Å². The van der Waals surface area contributed by atoms with E-state index in [9.17, 15) is 8.42 Å². The summed E-state index contributed by atoms with van der Waals surface area (Å²) in [5, 5.41) is 3.01. The van der Waals surface area contributed by atoms with Gasteiger partial charge in [0.15, 0.2) is 5.76 Å². The van der Waals surface area contributed by atoms with E-state index in [4.69, 9.17) is 4.42 Å². The van der Waals surface area contributed by atoms with Crippen LogP contribution in [0.5, 0.6) is 0 Å². The van der Waals surface area contributed by atoms with Gasteiger partial charge in [-0.15, -0.1) is 11.3 Å². The Hall–Kier alpha value is -1.22. The minimum absolute atomic E-state index is 0.551. The quantitative estimate of drug-likeness (QED) is 0.851. The zero-order valence-electron chi connectivity index (χ0n) is 11.7. The standard InChI is InChI=1S/C13H17N3O3S2/c1-21(17,18)16-6-4-15(5-7-16)9-13-14-11(10-20-13)12-3-2-8-19-12/h2-3,8,10H,4-7,9H2,1H3. The highest BCUT2D eigenvalue weighted by atomic mass is 32.2. The Bertz CT molecular complexity index is 686. The first kappa shape index (κ1) is 14.7. The van der Waals surface area contributed by atoms with Crippen molar-refractivity contribution in [2.24, 2.45) is 0 Å². The average Bonchev–Trinajstić information content (AvgIpc) is 3.08. The van der Waals surface area contributed by atoms with Gasteiger partial charge in [0, 0.05) is 31.6 Å². The number of aromatic nitrogens is 1. The monoisotopic (exact) mass is 327 g/mol. The van der Waals surface area contributed by atoms with Crippen LogP contribution in [0.3, 0.4) is 0 Å². The molecule has 0 N–H and O–H groups in total. The highest BCUT2D eigenvalue weighted by Crippen LogP contribution is 2.23. The van der Waals surface area contributed by atoms with E-state index in [1.807, 2.05) is 17.5 Å². The van der Waals surface area contributed by atoms with E-state index in [-0.39, 0.29) is 0 Å². The van der Waals surface area contributed by atoms with Gasteiger partial charge in [-0.25, -0.2) is 13.4 Å². The van der Waals surface area contributed by atoms with E-state index < -0.39 is 10.0 Å². The summed E-state index contributed by atoms with van der Waals surface area (Å²) in [5.41, 5.74) is 0.856. The van der Waals surface area contributed by atoms with Crippen molar-refractivity contribution in [2.45, 2.75) is 6.54 Å². The molecule has 8 heteroatoms. The first-order valence-corrected chi connectivity index (χ1v) is 9.41. The number of nitrogens with zero attached hydrogens (tertiary/aromatic N) is 3. The van der Waals surface area contributed by atoms with Crippen molar-refractivity contribution in [1.82, 2.24) is 14.2 Å². The number of hydrogen-bond acceptors (Lipinski definition) is 6. The lowest BCUT2D eigenvalue weighted by atomic mass is 10.3. The van der Waals surface area contributed by atoms with Crippen molar-refractivity contribution in [3.63, 3.8) is 0 Å². The van der Waals surface area contributed by atoms with E-state index in [2.05, 4.69) is 9.88 Å². The van der Waals surface area contributed by atoms with Crippen LogP contribution in [-0.4, -0.2) is 55.0 Å². The van der Waals surface area contributed by atoms with E-state index >= 15 is 0 Å². The van der Waals surface area contributed by atoms with Crippen LogP contribution in [0.15, 0.2) is 28.2 Å². The van der Waals surface area contributed by atoms with Crippen LogP contribution in [0.2, 0.25) is 0 Å². The summed E-state index contributed by atoms with van der Waals surface area (Å²) in [6.45, 7) is 3.33. The molecule has 1 saturated heterocycles. The minimum atomic E-state index is -3.07. The van der Waals surface area contributed by atoms with Crippen LogP contribution >= 0.6 is 11.3 Å². The molecule has 0 spiro atoms. The number of piperazine rings is 1. The Labute approximate surface area is 128 Å². The smallest absolute Gasteiger partial charge is 0.211 e. The minimum Gasteiger partial charge on any atom is -0.463 e. The molecule has 0 aromatic carbocycles. The normalized spacial score (nSPS) is 18.1. The Balaban J connectivity index is 1.59. The molecular formula is C13H17N3O3S2. The zero-order valence-corrected chi connectivity index (χ0v) is 13.4. The Morgan fingerprint density at radius 1 is 1.33 bits per heavy atom. The number of thiazole rings is 1. The van der Waals surface area contributed by atoms with Crippen LogP contribution in [0.25, 0.3) is 11.5 Å².